The quantitative estimate of drug-likeness (QED) is 0.129. The van der Waals surface area contributed by atoms with E-state index in [9.17, 15) is 13.9 Å². The van der Waals surface area contributed by atoms with Gasteiger partial charge < -0.3 is 26.8 Å². The molecule has 2 aliphatic rings. The number of fused-ring (bicyclic) bond motifs is 3. The molecule has 9 nitrogen and oxygen atoms in total. The number of nitrogens with one attached hydrogen (secondary N) is 3. The number of aliphatic hydroxyl groups is 1. The Morgan fingerprint density at radius 2 is 1.84 bits per heavy atom. The third-order valence-electron chi connectivity index (χ3n) is 8.03. The Balaban J connectivity index is 1.22. The van der Waals surface area contributed by atoms with Gasteiger partial charge in [-0.05, 0) is 68.8 Å². The molecule has 13 heteroatoms. The molecule has 6 rings (SSSR count). The van der Waals surface area contributed by atoms with Crippen LogP contribution in [0.5, 0.6) is 0 Å². The average molecular weight is 635 g/mol. The SMILES string of the molecule is CNC1CCC(C(O)N=C(N)Nc2ccc(Nc3ncc4c(n3)-c3ccc(Cl)cc3C(c3c(F)cccc3F)=NC4)cc2F)C1. The van der Waals surface area contributed by atoms with E-state index in [1.807, 2.05) is 7.05 Å². The monoisotopic (exact) mass is 634 g/mol. The number of aromatic nitrogens is 2. The maximum atomic E-state index is 15.1. The summed E-state index contributed by atoms with van der Waals surface area (Å²) < 4.78 is 44.7. The maximum Gasteiger partial charge on any atom is 0.227 e. The standard InChI is InChI=1S/C32H30ClF3N8O/c1-38-19-7-5-16(11-19)30(45)44-31(37)42-26-10-8-20(13-25(26)36)41-32-40-15-17-14-39-29(27-23(34)3-2-4-24(27)35)22-12-18(33)6-9-21(22)28(17)43-32/h2-4,6,8-10,12-13,15-16,19,30,38,45H,5,7,11,14H2,1H3,(H3,37,42,44)(H,40,41,43). The van der Waals surface area contributed by atoms with E-state index in [2.05, 4.69) is 35.9 Å². The van der Waals surface area contributed by atoms with Crippen molar-refractivity contribution in [2.45, 2.75) is 38.1 Å². The number of nitrogens with two attached hydrogens (primary N) is 1. The minimum absolute atomic E-state index is 0.0251. The van der Waals surface area contributed by atoms with Gasteiger partial charge in [0, 0.05) is 45.6 Å². The van der Waals surface area contributed by atoms with Crippen molar-refractivity contribution in [1.29, 1.82) is 0 Å². The minimum Gasteiger partial charge on any atom is -0.371 e. The number of halogens is 4. The third-order valence-corrected chi connectivity index (χ3v) is 8.26. The normalized spacial score (nSPS) is 18.4. The summed E-state index contributed by atoms with van der Waals surface area (Å²) in [6.45, 7) is 0.0640. The lowest BCUT2D eigenvalue weighted by Crippen LogP contribution is -2.29. The van der Waals surface area contributed by atoms with Crippen LogP contribution < -0.4 is 21.7 Å². The molecule has 3 atom stereocenters. The highest BCUT2D eigenvalue weighted by Crippen LogP contribution is 2.35. The molecule has 1 aliphatic heterocycles. The molecule has 232 valence electrons. The number of rotatable bonds is 7. The first kappa shape index (κ1) is 30.5. The summed E-state index contributed by atoms with van der Waals surface area (Å²) in [5, 5.41) is 19.7. The van der Waals surface area contributed by atoms with Crippen molar-refractivity contribution < 1.29 is 18.3 Å². The number of anilines is 3. The number of benzene rings is 3. The number of aliphatic hydroxyl groups excluding tert-OH is 1. The van der Waals surface area contributed by atoms with Crippen molar-refractivity contribution in [3.63, 3.8) is 0 Å². The van der Waals surface area contributed by atoms with Crippen molar-refractivity contribution in [1.82, 2.24) is 15.3 Å². The molecule has 1 saturated carbocycles. The molecule has 0 spiro atoms. The number of aliphatic imine (C=N–C) groups is 2. The van der Waals surface area contributed by atoms with Gasteiger partial charge in [-0.25, -0.2) is 28.1 Å². The lowest BCUT2D eigenvalue weighted by Gasteiger charge is -2.16. The molecule has 3 aromatic carbocycles. The van der Waals surface area contributed by atoms with E-state index in [1.54, 1.807) is 30.5 Å². The van der Waals surface area contributed by atoms with Crippen LogP contribution in [0.2, 0.25) is 5.02 Å². The molecule has 0 saturated heterocycles. The van der Waals surface area contributed by atoms with Crippen LogP contribution >= 0.6 is 11.6 Å². The first-order chi connectivity index (χ1) is 21.7. The Kier molecular flexibility index (Phi) is 8.70. The largest absolute Gasteiger partial charge is 0.371 e. The fraction of sp³-hybridized carbons (Fsp3) is 0.250. The molecule has 1 fully saturated rings. The predicted octanol–water partition coefficient (Wildman–Crippen LogP) is 5.74. The Morgan fingerprint density at radius 3 is 2.58 bits per heavy atom. The second-order valence-corrected chi connectivity index (χ2v) is 11.4. The number of nitrogens with zero attached hydrogens (tertiary/aromatic N) is 4. The van der Waals surface area contributed by atoms with Gasteiger partial charge in [0.25, 0.3) is 0 Å². The van der Waals surface area contributed by atoms with Crippen LogP contribution in [0.15, 0.2) is 70.8 Å². The van der Waals surface area contributed by atoms with E-state index in [-0.39, 0.29) is 41.3 Å². The van der Waals surface area contributed by atoms with Crippen molar-refractivity contribution in [2.75, 3.05) is 17.7 Å². The molecule has 0 radical (unpaired) electrons. The molecule has 0 amide bonds. The first-order valence-electron chi connectivity index (χ1n) is 14.4. The van der Waals surface area contributed by atoms with Gasteiger partial charge in [-0.1, -0.05) is 23.7 Å². The number of hydrogen-bond acceptors (Lipinski definition) is 7. The van der Waals surface area contributed by atoms with Crippen LogP contribution in [-0.2, 0) is 6.54 Å². The van der Waals surface area contributed by atoms with Gasteiger partial charge in [0.15, 0.2) is 12.2 Å². The molecular formula is C32H30ClF3N8O. The van der Waals surface area contributed by atoms with E-state index >= 15 is 4.39 Å². The van der Waals surface area contributed by atoms with Gasteiger partial charge in [-0.2, -0.15) is 0 Å². The highest BCUT2D eigenvalue weighted by Gasteiger charge is 2.29. The van der Waals surface area contributed by atoms with E-state index in [0.29, 0.717) is 39.1 Å². The third kappa shape index (κ3) is 6.48. The topological polar surface area (TPSA) is 133 Å². The van der Waals surface area contributed by atoms with E-state index < -0.39 is 23.7 Å². The summed E-state index contributed by atoms with van der Waals surface area (Å²) in [7, 11) is 1.89. The molecule has 2 heterocycles. The van der Waals surface area contributed by atoms with Gasteiger partial charge in [0.2, 0.25) is 5.95 Å². The van der Waals surface area contributed by atoms with Gasteiger partial charge in [-0.3, -0.25) is 4.99 Å². The lowest BCUT2D eigenvalue weighted by molar-refractivity contribution is 0.118. The fourth-order valence-corrected chi connectivity index (χ4v) is 5.88. The smallest absolute Gasteiger partial charge is 0.227 e. The van der Waals surface area contributed by atoms with Crippen LogP contribution in [-0.4, -0.2) is 46.1 Å². The summed E-state index contributed by atoms with van der Waals surface area (Å²) in [4.78, 5) is 17.7. The van der Waals surface area contributed by atoms with Crippen molar-refractivity contribution in [2.24, 2.45) is 21.6 Å². The van der Waals surface area contributed by atoms with Gasteiger partial charge in [0.05, 0.1) is 29.2 Å². The fourth-order valence-electron chi connectivity index (χ4n) is 5.71. The summed E-state index contributed by atoms with van der Waals surface area (Å²) in [5.74, 6) is -2.08. The highest BCUT2D eigenvalue weighted by molar-refractivity contribution is 6.31. The zero-order valence-corrected chi connectivity index (χ0v) is 24.9. The van der Waals surface area contributed by atoms with Crippen LogP contribution in [0.3, 0.4) is 0 Å². The zero-order valence-electron chi connectivity index (χ0n) is 24.2. The van der Waals surface area contributed by atoms with E-state index in [4.69, 9.17) is 17.3 Å². The Labute approximate surface area is 262 Å². The summed E-state index contributed by atoms with van der Waals surface area (Å²) >= 11 is 6.29. The molecule has 1 aliphatic carbocycles. The van der Waals surface area contributed by atoms with Gasteiger partial charge >= 0.3 is 0 Å². The minimum atomic E-state index is -0.987. The number of hydrogen-bond donors (Lipinski definition) is 5. The zero-order chi connectivity index (χ0) is 31.7. The number of guanidine groups is 1. The summed E-state index contributed by atoms with van der Waals surface area (Å²) in [6.07, 6.45) is 3.12. The molecule has 6 N–H and O–H groups in total. The van der Waals surface area contributed by atoms with Gasteiger partial charge in [-0.15, -0.1) is 0 Å². The van der Waals surface area contributed by atoms with Crippen LogP contribution in [0.4, 0.5) is 30.5 Å². The summed E-state index contributed by atoms with van der Waals surface area (Å²) in [6, 6.07) is 13.2. The van der Waals surface area contributed by atoms with Crippen molar-refractivity contribution in [3.05, 3.63) is 100.0 Å². The second-order valence-electron chi connectivity index (χ2n) is 11.0. The molecular weight excluding hydrogens is 605 g/mol. The van der Waals surface area contributed by atoms with Crippen LogP contribution in [0.1, 0.15) is 36.0 Å². The lowest BCUT2D eigenvalue weighted by atomic mass is 9.95. The Hall–Kier alpha value is -4.52. The van der Waals surface area contributed by atoms with E-state index in [0.717, 1.165) is 19.3 Å². The highest BCUT2D eigenvalue weighted by atomic mass is 35.5. The van der Waals surface area contributed by atoms with E-state index in [1.165, 1.54) is 30.3 Å². The van der Waals surface area contributed by atoms with Crippen molar-refractivity contribution >= 4 is 40.6 Å². The Morgan fingerprint density at radius 1 is 1.04 bits per heavy atom. The van der Waals surface area contributed by atoms with Gasteiger partial charge in [0.1, 0.15) is 17.5 Å². The predicted molar refractivity (Wildman–Crippen MR) is 169 cm³/mol. The second kappa shape index (κ2) is 12.8. The average Bonchev–Trinajstić information content (AvgIpc) is 3.45. The van der Waals surface area contributed by atoms with Crippen molar-refractivity contribution in [3.8, 4) is 11.3 Å². The first-order valence-corrected chi connectivity index (χ1v) is 14.7. The van der Waals surface area contributed by atoms with Crippen LogP contribution in [0.25, 0.3) is 11.3 Å². The molecule has 3 unspecified atom stereocenters. The molecule has 4 aromatic rings. The Bertz CT molecular complexity index is 1800. The molecule has 1 aromatic heterocycles. The summed E-state index contributed by atoms with van der Waals surface area (Å²) in [5.41, 5.74) is 8.32. The molecule has 45 heavy (non-hydrogen) atoms. The maximum absolute atomic E-state index is 15.1. The molecule has 0 bridgehead atoms. The van der Waals surface area contributed by atoms with Crippen LogP contribution in [0, 0.1) is 23.4 Å².